The molecular weight excluding hydrogens is 224 g/mol. The van der Waals surface area contributed by atoms with Crippen LogP contribution >= 0.6 is 0 Å². The normalized spacial score (nSPS) is 38.8. The van der Waals surface area contributed by atoms with Gasteiger partial charge in [0.1, 0.15) is 0 Å². The van der Waals surface area contributed by atoms with Crippen molar-refractivity contribution in [3.63, 3.8) is 0 Å². The van der Waals surface area contributed by atoms with E-state index in [1.807, 2.05) is 0 Å². The Morgan fingerprint density at radius 2 is 1.78 bits per heavy atom. The molecule has 2 heterocycles. The van der Waals surface area contributed by atoms with Crippen LogP contribution in [0.5, 0.6) is 0 Å². The third-order valence-electron chi connectivity index (χ3n) is 5.27. The molecule has 3 atom stereocenters. The van der Waals surface area contributed by atoms with Gasteiger partial charge < -0.3 is 10.2 Å². The van der Waals surface area contributed by atoms with Gasteiger partial charge in [-0.1, -0.05) is 13.8 Å². The summed E-state index contributed by atoms with van der Waals surface area (Å²) in [7, 11) is 0. The number of carbonyl (C=O) groups excluding carboxylic acids is 1. The highest BCUT2D eigenvalue weighted by atomic mass is 16.2. The smallest absolute Gasteiger partial charge is 0.226 e. The number of hydrogen-bond donors (Lipinski definition) is 1. The summed E-state index contributed by atoms with van der Waals surface area (Å²) in [6.07, 6.45) is 4.86. The highest BCUT2D eigenvalue weighted by molar-refractivity contribution is 5.83. The molecule has 1 amide bonds. The lowest BCUT2D eigenvalue weighted by atomic mass is 9.89. The zero-order valence-corrected chi connectivity index (χ0v) is 11.7. The van der Waals surface area contributed by atoms with E-state index in [9.17, 15) is 4.79 Å². The molecule has 0 bridgehead atoms. The van der Waals surface area contributed by atoms with Crippen molar-refractivity contribution < 1.29 is 4.79 Å². The largest absolute Gasteiger partial charge is 0.342 e. The number of piperidine rings is 2. The van der Waals surface area contributed by atoms with Gasteiger partial charge in [-0.05, 0) is 56.0 Å². The number of likely N-dealkylation sites (tertiary alicyclic amines) is 1. The van der Waals surface area contributed by atoms with E-state index >= 15 is 0 Å². The maximum Gasteiger partial charge on any atom is 0.226 e. The van der Waals surface area contributed by atoms with Crippen molar-refractivity contribution in [1.82, 2.24) is 10.2 Å². The average Bonchev–Trinajstić information content (AvgIpc) is 3.01. The number of nitrogens with one attached hydrogen (secondary N) is 1. The number of nitrogens with zero attached hydrogens (tertiary/aromatic N) is 1. The minimum atomic E-state index is 0.358. The van der Waals surface area contributed by atoms with Gasteiger partial charge in [0.05, 0.1) is 0 Å². The molecule has 0 aromatic carbocycles. The van der Waals surface area contributed by atoms with Crippen LogP contribution in [0.25, 0.3) is 0 Å². The Labute approximate surface area is 110 Å². The molecule has 102 valence electrons. The van der Waals surface area contributed by atoms with E-state index in [4.69, 9.17) is 0 Å². The monoisotopic (exact) mass is 250 g/mol. The molecule has 3 nitrogen and oxygen atoms in total. The Hall–Kier alpha value is -0.570. The van der Waals surface area contributed by atoms with Crippen LogP contribution in [0, 0.1) is 23.2 Å². The Balaban J connectivity index is 1.62. The van der Waals surface area contributed by atoms with E-state index in [1.165, 1.54) is 19.3 Å². The van der Waals surface area contributed by atoms with Gasteiger partial charge in [0.25, 0.3) is 0 Å². The standard InChI is InChI=1S/C15H26N2O/c1-11-7-12(2)10-17(9-11)14(18)13-8-15(13)3-5-16-6-4-15/h11-13,16H,3-10H2,1-2H3. The summed E-state index contributed by atoms with van der Waals surface area (Å²) in [6.45, 7) is 8.77. The predicted molar refractivity (Wildman–Crippen MR) is 72.2 cm³/mol. The summed E-state index contributed by atoms with van der Waals surface area (Å²) in [4.78, 5) is 14.8. The molecule has 0 radical (unpaired) electrons. The second-order valence-corrected chi connectivity index (χ2v) is 7.06. The minimum Gasteiger partial charge on any atom is -0.342 e. The van der Waals surface area contributed by atoms with E-state index in [0.717, 1.165) is 32.6 Å². The molecule has 2 saturated heterocycles. The molecule has 0 aromatic rings. The van der Waals surface area contributed by atoms with E-state index in [2.05, 4.69) is 24.1 Å². The molecule has 18 heavy (non-hydrogen) atoms. The predicted octanol–water partition coefficient (Wildman–Crippen LogP) is 1.88. The first kappa shape index (κ1) is 12.5. The molecular formula is C15H26N2O. The molecule has 3 rings (SSSR count). The van der Waals surface area contributed by atoms with Crippen LogP contribution in [0.3, 0.4) is 0 Å². The zero-order valence-electron chi connectivity index (χ0n) is 11.7. The molecule has 1 aliphatic carbocycles. The highest BCUT2D eigenvalue weighted by Crippen LogP contribution is 2.59. The van der Waals surface area contributed by atoms with Crippen molar-refractivity contribution in [3.8, 4) is 0 Å². The zero-order chi connectivity index (χ0) is 12.8. The molecule has 0 aromatic heterocycles. The van der Waals surface area contributed by atoms with Gasteiger partial charge in [-0.2, -0.15) is 0 Å². The third-order valence-corrected chi connectivity index (χ3v) is 5.27. The van der Waals surface area contributed by atoms with Crippen LogP contribution in [-0.2, 0) is 4.79 Å². The quantitative estimate of drug-likeness (QED) is 0.770. The van der Waals surface area contributed by atoms with Crippen LogP contribution in [0.4, 0.5) is 0 Å². The van der Waals surface area contributed by atoms with Crippen molar-refractivity contribution in [3.05, 3.63) is 0 Å². The van der Waals surface area contributed by atoms with Gasteiger partial charge in [-0.15, -0.1) is 0 Å². The molecule has 3 fully saturated rings. The first-order valence-electron chi connectivity index (χ1n) is 7.60. The van der Waals surface area contributed by atoms with Gasteiger partial charge in [0, 0.05) is 19.0 Å². The van der Waals surface area contributed by atoms with Crippen molar-refractivity contribution in [1.29, 1.82) is 0 Å². The lowest BCUT2D eigenvalue weighted by Gasteiger charge is -2.36. The van der Waals surface area contributed by atoms with Crippen molar-refractivity contribution in [2.24, 2.45) is 23.2 Å². The van der Waals surface area contributed by atoms with Gasteiger partial charge in [-0.25, -0.2) is 0 Å². The third kappa shape index (κ3) is 2.18. The molecule has 1 spiro atoms. The maximum atomic E-state index is 12.6. The van der Waals surface area contributed by atoms with Crippen molar-refractivity contribution in [2.45, 2.75) is 39.5 Å². The van der Waals surface area contributed by atoms with Crippen molar-refractivity contribution >= 4 is 5.91 Å². The molecule has 1 N–H and O–H groups in total. The Morgan fingerprint density at radius 3 is 2.39 bits per heavy atom. The van der Waals surface area contributed by atoms with Crippen LogP contribution in [0.2, 0.25) is 0 Å². The van der Waals surface area contributed by atoms with Crippen LogP contribution < -0.4 is 5.32 Å². The lowest BCUT2D eigenvalue weighted by Crippen LogP contribution is -2.44. The molecule has 3 heteroatoms. The van der Waals surface area contributed by atoms with Crippen molar-refractivity contribution in [2.75, 3.05) is 26.2 Å². The SMILES string of the molecule is CC1CC(C)CN(C(=O)C2CC23CCNCC3)C1. The average molecular weight is 250 g/mol. The Bertz CT molecular complexity index is 325. The topological polar surface area (TPSA) is 32.3 Å². The summed E-state index contributed by atoms with van der Waals surface area (Å²) in [6, 6.07) is 0. The Kier molecular flexibility index (Phi) is 3.13. The number of hydrogen-bond acceptors (Lipinski definition) is 2. The van der Waals surface area contributed by atoms with Gasteiger partial charge in [0.2, 0.25) is 5.91 Å². The van der Waals surface area contributed by atoms with Crippen LogP contribution in [-0.4, -0.2) is 37.0 Å². The first-order valence-corrected chi connectivity index (χ1v) is 7.60. The van der Waals surface area contributed by atoms with E-state index in [0.29, 0.717) is 29.1 Å². The van der Waals surface area contributed by atoms with Crippen LogP contribution in [0.15, 0.2) is 0 Å². The lowest BCUT2D eigenvalue weighted by molar-refractivity contribution is -0.136. The first-order chi connectivity index (χ1) is 8.61. The fourth-order valence-electron chi connectivity index (χ4n) is 4.24. The summed E-state index contributed by atoms with van der Waals surface area (Å²) in [5.74, 6) is 2.19. The molecule has 2 aliphatic heterocycles. The van der Waals surface area contributed by atoms with E-state index in [-0.39, 0.29) is 0 Å². The second-order valence-electron chi connectivity index (χ2n) is 7.06. The van der Waals surface area contributed by atoms with E-state index < -0.39 is 0 Å². The summed E-state index contributed by atoms with van der Waals surface area (Å²) in [5.41, 5.74) is 0.395. The van der Waals surface area contributed by atoms with E-state index in [1.54, 1.807) is 0 Å². The number of rotatable bonds is 1. The second kappa shape index (κ2) is 4.52. The summed E-state index contributed by atoms with van der Waals surface area (Å²) in [5, 5.41) is 3.41. The maximum absolute atomic E-state index is 12.6. The minimum absolute atomic E-state index is 0.358. The molecule has 3 unspecified atom stereocenters. The summed E-state index contributed by atoms with van der Waals surface area (Å²) >= 11 is 0. The fraction of sp³-hybridized carbons (Fsp3) is 0.933. The number of amides is 1. The fourth-order valence-corrected chi connectivity index (χ4v) is 4.24. The number of carbonyl (C=O) groups is 1. The van der Waals surface area contributed by atoms with Gasteiger partial charge in [-0.3, -0.25) is 4.79 Å². The molecule has 1 saturated carbocycles. The van der Waals surface area contributed by atoms with Crippen LogP contribution in [0.1, 0.15) is 39.5 Å². The Morgan fingerprint density at radius 1 is 1.17 bits per heavy atom. The highest BCUT2D eigenvalue weighted by Gasteiger charge is 2.58. The summed E-state index contributed by atoms with van der Waals surface area (Å²) < 4.78 is 0. The van der Waals surface area contributed by atoms with Gasteiger partial charge in [0.15, 0.2) is 0 Å². The van der Waals surface area contributed by atoms with Gasteiger partial charge >= 0.3 is 0 Å². The molecule has 3 aliphatic rings.